The minimum Gasteiger partial charge on any atom is -0.399 e. The summed E-state index contributed by atoms with van der Waals surface area (Å²) in [4.78, 5) is 0. The summed E-state index contributed by atoms with van der Waals surface area (Å²) in [5, 5.41) is 0. The van der Waals surface area contributed by atoms with E-state index in [2.05, 4.69) is 45.9 Å². The summed E-state index contributed by atoms with van der Waals surface area (Å²) in [7, 11) is -0.297. The average molecular weight is 315 g/mol. The molecule has 2 N–H and O–H groups in total. The minimum absolute atomic E-state index is 0.297. The molecule has 3 nitrogen and oxygen atoms in total. The third-order valence-corrected chi connectivity index (χ3v) is 5.88. The molecule has 2 fully saturated rings. The second-order valence-electron chi connectivity index (χ2n) is 8.14. The molecule has 1 aliphatic heterocycles. The maximum atomic E-state index is 6.23. The van der Waals surface area contributed by atoms with Crippen LogP contribution in [-0.2, 0) is 15.9 Å². The largest absolute Gasteiger partial charge is 0.494 e. The summed E-state index contributed by atoms with van der Waals surface area (Å²) in [6, 6.07) is 6.72. The van der Waals surface area contributed by atoms with Gasteiger partial charge in [0.25, 0.3) is 0 Å². The van der Waals surface area contributed by atoms with Gasteiger partial charge in [-0.1, -0.05) is 37.5 Å². The van der Waals surface area contributed by atoms with E-state index in [1.807, 2.05) is 0 Å². The quantitative estimate of drug-likeness (QED) is 0.868. The molecule has 126 valence electrons. The SMILES string of the molecule is CC1(C)OB(c2cc(CN)cc(C3CCCCC3)c2)OC1(C)C. The van der Waals surface area contributed by atoms with Gasteiger partial charge in [-0.15, -0.1) is 0 Å². The lowest BCUT2D eigenvalue weighted by atomic mass is 9.74. The molecule has 0 spiro atoms. The summed E-state index contributed by atoms with van der Waals surface area (Å²) in [6.07, 6.45) is 6.62. The van der Waals surface area contributed by atoms with Gasteiger partial charge in [-0.25, -0.2) is 0 Å². The van der Waals surface area contributed by atoms with Crippen LogP contribution in [0.1, 0.15) is 76.8 Å². The summed E-state index contributed by atoms with van der Waals surface area (Å²) < 4.78 is 12.5. The van der Waals surface area contributed by atoms with Crippen molar-refractivity contribution in [3.8, 4) is 0 Å². The Morgan fingerprint density at radius 1 is 1.00 bits per heavy atom. The second-order valence-corrected chi connectivity index (χ2v) is 8.14. The topological polar surface area (TPSA) is 44.5 Å². The van der Waals surface area contributed by atoms with Gasteiger partial charge in [0.05, 0.1) is 11.2 Å². The van der Waals surface area contributed by atoms with Crippen molar-refractivity contribution in [2.24, 2.45) is 5.73 Å². The fourth-order valence-corrected chi connectivity index (χ4v) is 3.65. The molecule has 3 rings (SSSR count). The highest BCUT2D eigenvalue weighted by Crippen LogP contribution is 2.37. The lowest BCUT2D eigenvalue weighted by molar-refractivity contribution is 0.00578. The number of hydrogen-bond donors (Lipinski definition) is 1. The number of nitrogens with two attached hydrogens (primary N) is 1. The molecular formula is C19H30BNO2. The zero-order valence-electron chi connectivity index (χ0n) is 15.0. The van der Waals surface area contributed by atoms with Crippen molar-refractivity contribution in [3.63, 3.8) is 0 Å². The van der Waals surface area contributed by atoms with Gasteiger partial charge in [0.1, 0.15) is 0 Å². The van der Waals surface area contributed by atoms with Crippen LogP contribution in [-0.4, -0.2) is 18.3 Å². The Morgan fingerprint density at radius 2 is 1.61 bits per heavy atom. The van der Waals surface area contributed by atoms with Crippen LogP contribution in [0.5, 0.6) is 0 Å². The highest BCUT2D eigenvalue weighted by atomic mass is 16.7. The predicted octanol–water partition coefficient (Wildman–Crippen LogP) is 3.49. The molecule has 0 amide bonds. The lowest BCUT2D eigenvalue weighted by Crippen LogP contribution is -2.41. The Hall–Kier alpha value is -0.835. The second kappa shape index (κ2) is 6.23. The first kappa shape index (κ1) is 17.0. The Kier molecular flexibility index (Phi) is 4.61. The van der Waals surface area contributed by atoms with E-state index in [0.717, 1.165) is 5.46 Å². The van der Waals surface area contributed by atoms with Gasteiger partial charge < -0.3 is 15.0 Å². The van der Waals surface area contributed by atoms with Gasteiger partial charge in [-0.2, -0.15) is 0 Å². The third kappa shape index (κ3) is 3.35. The van der Waals surface area contributed by atoms with Crippen LogP contribution in [0, 0.1) is 0 Å². The third-order valence-electron chi connectivity index (χ3n) is 5.88. The van der Waals surface area contributed by atoms with Crippen LogP contribution < -0.4 is 11.2 Å². The van der Waals surface area contributed by atoms with Gasteiger partial charge in [-0.05, 0) is 63.0 Å². The smallest absolute Gasteiger partial charge is 0.399 e. The highest BCUT2D eigenvalue weighted by Gasteiger charge is 2.51. The van der Waals surface area contributed by atoms with Crippen molar-refractivity contribution >= 4 is 12.6 Å². The molecule has 1 saturated heterocycles. The van der Waals surface area contributed by atoms with Crippen LogP contribution in [0.25, 0.3) is 0 Å². The van der Waals surface area contributed by atoms with Crippen LogP contribution in [0.4, 0.5) is 0 Å². The Bertz CT molecular complexity index is 548. The van der Waals surface area contributed by atoms with E-state index >= 15 is 0 Å². The molecular weight excluding hydrogens is 285 g/mol. The van der Waals surface area contributed by atoms with Crippen molar-refractivity contribution in [3.05, 3.63) is 29.3 Å². The minimum atomic E-state index is -0.304. The molecule has 0 unspecified atom stereocenters. The van der Waals surface area contributed by atoms with E-state index < -0.39 is 0 Å². The van der Waals surface area contributed by atoms with Crippen molar-refractivity contribution in [2.75, 3.05) is 0 Å². The molecule has 1 aromatic carbocycles. The van der Waals surface area contributed by atoms with E-state index in [-0.39, 0.29) is 18.3 Å². The van der Waals surface area contributed by atoms with Crippen molar-refractivity contribution < 1.29 is 9.31 Å². The molecule has 2 aliphatic rings. The van der Waals surface area contributed by atoms with Gasteiger partial charge >= 0.3 is 7.12 Å². The first-order chi connectivity index (χ1) is 10.8. The van der Waals surface area contributed by atoms with Crippen molar-refractivity contribution in [1.82, 2.24) is 0 Å². The van der Waals surface area contributed by atoms with Crippen molar-refractivity contribution in [2.45, 2.75) is 83.5 Å². The molecule has 0 atom stereocenters. The van der Waals surface area contributed by atoms with Gasteiger partial charge in [0.2, 0.25) is 0 Å². The Balaban J connectivity index is 1.90. The van der Waals surface area contributed by atoms with E-state index in [9.17, 15) is 0 Å². The monoisotopic (exact) mass is 315 g/mol. The highest BCUT2D eigenvalue weighted by molar-refractivity contribution is 6.62. The number of rotatable bonds is 3. The lowest BCUT2D eigenvalue weighted by Gasteiger charge is -2.32. The number of benzene rings is 1. The average Bonchev–Trinajstić information content (AvgIpc) is 2.76. The van der Waals surface area contributed by atoms with Crippen LogP contribution in [0.3, 0.4) is 0 Å². The molecule has 1 aliphatic carbocycles. The zero-order valence-corrected chi connectivity index (χ0v) is 15.0. The van der Waals surface area contributed by atoms with Crippen LogP contribution >= 0.6 is 0 Å². The summed E-state index contributed by atoms with van der Waals surface area (Å²) in [5.41, 5.74) is 9.04. The molecule has 1 aromatic rings. The maximum Gasteiger partial charge on any atom is 0.494 e. The molecule has 0 bridgehead atoms. The molecule has 23 heavy (non-hydrogen) atoms. The van der Waals surface area contributed by atoms with Crippen LogP contribution in [0.2, 0.25) is 0 Å². The standard InChI is InChI=1S/C19H30BNO2/c1-18(2)19(3,4)23-20(22-18)17-11-14(13-21)10-16(12-17)15-8-6-5-7-9-15/h10-12,15H,5-9,13,21H2,1-4H3. The molecule has 0 radical (unpaired) electrons. The van der Waals surface area contributed by atoms with Gasteiger partial charge in [-0.3, -0.25) is 0 Å². The normalized spacial score (nSPS) is 24.1. The Morgan fingerprint density at radius 3 is 2.17 bits per heavy atom. The first-order valence-electron chi connectivity index (χ1n) is 9.02. The molecule has 4 heteroatoms. The summed E-state index contributed by atoms with van der Waals surface area (Å²) >= 11 is 0. The maximum absolute atomic E-state index is 6.23. The molecule has 0 aromatic heterocycles. The Labute approximate surface area is 141 Å². The zero-order chi connectivity index (χ0) is 16.7. The first-order valence-corrected chi connectivity index (χ1v) is 9.02. The van der Waals surface area contributed by atoms with E-state index in [1.54, 1.807) is 0 Å². The number of hydrogen-bond acceptors (Lipinski definition) is 3. The molecule has 1 heterocycles. The van der Waals surface area contributed by atoms with Crippen molar-refractivity contribution in [1.29, 1.82) is 0 Å². The molecule has 1 saturated carbocycles. The summed E-state index contributed by atoms with van der Waals surface area (Å²) in [6.45, 7) is 8.96. The van der Waals surface area contributed by atoms with E-state index in [1.165, 1.54) is 43.2 Å². The fourth-order valence-electron chi connectivity index (χ4n) is 3.65. The summed E-state index contributed by atoms with van der Waals surface area (Å²) in [5.74, 6) is 0.663. The van der Waals surface area contributed by atoms with E-state index in [4.69, 9.17) is 15.0 Å². The van der Waals surface area contributed by atoms with Crippen LogP contribution in [0.15, 0.2) is 18.2 Å². The van der Waals surface area contributed by atoms with Gasteiger partial charge in [0, 0.05) is 6.54 Å². The van der Waals surface area contributed by atoms with E-state index in [0.29, 0.717) is 12.5 Å². The van der Waals surface area contributed by atoms with Gasteiger partial charge in [0.15, 0.2) is 0 Å². The predicted molar refractivity (Wildman–Crippen MR) is 95.9 cm³/mol. The fraction of sp³-hybridized carbons (Fsp3) is 0.684.